The van der Waals surface area contributed by atoms with Crippen molar-refractivity contribution in [1.29, 1.82) is 0 Å². The Kier molecular flexibility index (Phi) is 5.62. The number of nitrogens with zero attached hydrogens (tertiary/aromatic N) is 2. The van der Waals surface area contributed by atoms with Crippen LogP contribution < -0.4 is 4.74 Å². The Hall–Kier alpha value is -1.20. The number of benzene rings is 1. The zero-order valence-corrected chi connectivity index (χ0v) is 13.8. The van der Waals surface area contributed by atoms with Crippen molar-refractivity contribution in [1.82, 2.24) is 9.80 Å². The second-order valence-electron chi connectivity index (χ2n) is 5.89. The molecular weight excluding hydrogens is 296 g/mol. The number of amides is 1. The molecule has 0 aromatic heterocycles. The summed E-state index contributed by atoms with van der Waals surface area (Å²) in [4.78, 5) is 16.9. The Morgan fingerprint density at radius 2 is 1.95 bits per heavy atom. The molecule has 5 heteroatoms. The molecule has 1 aromatic rings. The molecule has 0 N–H and O–H groups in total. The smallest absolute Gasteiger partial charge is 0.227 e. The maximum Gasteiger partial charge on any atom is 0.227 e. The van der Waals surface area contributed by atoms with Crippen LogP contribution in [0.1, 0.15) is 6.42 Å². The first-order valence-corrected chi connectivity index (χ1v) is 9.25. The zero-order chi connectivity index (χ0) is 15.2. The number of hydrogen-bond donors (Lipinski definition) is 0. The molecule has 0 aliphatic carbocycles. The van der Waals surface area contributed by atoms with E-state index in [2.05, 4.69) is 9.80 Å². The molecule has 2 aliphatic rings. The van der Waals surface area contributed by atoms with Crippen LogP contribution in [0.4, 0.5) is 0 Å². The normalized spacial score (nSPS) is 22.7. The highest BCUT2D eigenvalue weighted by molar-refractivity contribution is 7.99. The van der Waals surface area contributed by atoms with Gasteiger partial charge in [0.2, 0.25) is 5.91 Å². The van der Waals surface area contributed by atoms with Crippen molar-refractivity contribution in [2.45, 2.75) is 6.42 Å². The molecule has 1 unspecified atom stereocenters. The van der Waals surface area contributed by atoms with Crippen LogP contribution in [0.3, 0.4) is 0 Å². The number of likely N-dealkylation sites (tertiary alicyclic amines) is 1. The van der Waals surface area contributed by atoms with E-state index >= 15 is 0 Å². The van der Waals surface area contributed by atoms with Gasteiger partial charge in [-0.1, -0.05) is 18.2 Å². The van der Waals surface area contributed by atoms with Crippen LogP contribution in [-0.4, -0.2) is 66.5 Å². The Labute approximate surface area is 136 Å². The largest absolute Gasteiger partial charge is 0.492 e. The maximum absolute atomic E-state index is 12.5. The molecule has 1 amide bonds. The van der Waals surface area contributed by atoms with Crippen molar-refractivity contribution in [3.05, 3.63) is 30.3 Å². The van der Waals surface area contributed by atoms with Crippen molar-refractivity contribution in [3.63, 3.8) is 0 Å². The number of ether oxygens (including phenoxy) is 1. The Morgan fingerprint density at radius 1 is 1.18 bits per heavy atom. The zero-order valence-electron chi connectivity index (χ0n) is 12.9. The number of hydrogen-bond acceptors (Lipinski definition) is 4. The van der Waals surface area contributed by atoms with Gasteiger partial charge in [0.1, 0.15) is 12.4 Å². The third-order valence-electron chi connectivity index (χ3n) is 4.36. The molecule has 4 nitrogen and oxygen atoms in total. The van der Waals surface area contributed by atoms with E-state index in [1.807, 2.05) is 42.1 Å². The van der Waals surface area contributed by atoms with Crippen LogP contribution >= 0.6 is 11.8 Å². The molecule has 0 saturated carbocycles. The number of thioether (sulfide) groups is 1. The maximum atomic E-state index is 12.5. The fourth-order valence-electron chi connectivity index (χ4n) is 3.09. The average Bonchev–Trinajstić information content (AvgIpc) is 3.05. The van der Waals surface area contributed by atoms with Crippen molar-refractivity contribution < 1.29 is 9.53 Å². The van der Waals surface area contributed by atoms with Gasteiger partial charge in [0.25, 0.3) is 0 Å². The third kappa shape index (κ3) is 4.17. The van der Waals surface area contributed by atoms with Gasteiger partial charge in [-0.05, 0) is 25.1 Å². The lowest BCUT2D eigenvalue weighted by atomic mass is 10.1. The molecule has 2 fully saturated rings. The summed E-state index contributed by atoms with van der Waals surface area (Å²) in [5.74, 6) is 3.66. The lowest BCUT2D eigenvalue weighted by molar-refractivity contribution is -0.134. The predicted octanol–water partition coefficient (Wildman–Crippen LogP) is 1.96. The molecule has 0 radical (unpaired) electrons. The first kappa shape index (κ1) is 15.7. The van der Waals surface area contributed by atoms with Crippen molar-refractivity contribution in [2.75, 3.05) is 50.8 Å². The van der Waals surface area contributed by atoms with Crippen molar-refractivity contribution >= 4 is 17.7 Å². The molecule has 3 rings (SSSR count). The third-order valence-corrected chi connectivity index (χ3v) is 5.31. The summed E-state index contributed by atoms with van der Waals surface area (Å²) in [5, 5.41) is 0. The van der Waals surface area contributed by atoms with Crippen molar-refractivity contribution in [2.24, 2.45) is 5.92 Å². The number of carbonyl (C=O) groups excluding carboxylic acids is 1. The SMILES string of the molecule is O=C(C1CCN(CCOc2ccccc2)C1)N1CCSCC1. The standard InChI is InChI=1S/C17H24N2O2S/c20-17(19-9-12-22-13-10-19)15-6-7-18(14-15)8-11-21-16-4-2-1-3-5-16/h1-5,15H,6-14H2. The molecule has 2 heterocycles. The molecule has 0 bridgehead atoms. The number of carbonyl (C=O) groups is 1. The Balaban J connectivity index is 1.39. The molecule has 1 atom stereocenters. The van der Waals surface area contributed by atoms with E-state index in [4.69, 9.17) is 4.74 Å². The Morgan fingerprint density at radius 3 is 2.73 bits per heavy atom. The highest BCUT2D eigenvalue weighted by atomic mass is 32.2. The van der Waals surface area contributed by atoms with E-state index in [0.29, 0.717) is 12.5 Å². The molecule has 2 saturated heterocycles. The van der Waals surface area contributed by atoms with Gasteiger partial charge in [0.15, 0.2) is 0 Å². The monoisotopic (exact) mass is 320 g/mol. The molecule has 1 aromatic carbocycles. The summed E-state index contributed by atoms with van der Waals surface area (Å²) in [5.41, 5.74) is 0. The first-order valence-electron chi connectivity index (χ1n) is 8.09. The summed E-state index contributed by atoms with van der Waals surface area (Å²) in [6.45, 7) is 5.34. The minimum atomic E-state index is 0.194. The average molecular weight is 320 g/mol. The van der Waals surface area contributed by atoms with Gasteiger partial charge in [-0.15, -0.1) is 0 Å². The predicted molar refractivity (Wildman–Crippen MR) is 90.4 cm³/mol. The summed E-state index contributed by atoms with van der Waals surface area (Å²) >= 11 is 1.95. The van der Waals surface area contributed by atoms with E-state index in [-0.39, 0.29) is 5.92 Å². The van der Waals surface area contributed by atoms with E-state index in [1.165, 1.54) is 0 Å². The van der Waals surface area contributed by atoms with Gasteiger partial charge in [-0.2, -0.15) is 11.8 Å². The lowest BCUT2D eigenvalue weighted by Crippen LogP contribution is -2.42. The fourth-order valence-corrected chi connectivity index (χ4v) is 3.99. The number of rotatable bonds is 5. The van der Waals surface area contributed by atoms with E-state index in [0.717, 1.165) is 56.4 Å². The summed E-state index contributed by atoms with van der Waals surface area (Å²) < 4.78 is 5.74. The van der Waals surface area contributed by atoms with Gasteiger partial charge >= 0.3 is 0 Å². The highest BCUT2D eigenvalue weighted by Crippen LogP contribution is 2.20. The topological polar surface area (TPSA) is 32.8 Å². The first-order chi connectivity index (χ1) is 10.8. The summed E-state index contributed by atoms with van der Waals surface area (Å²) in [7, 11) is 0. The van der Waals surface area contributed by atoms with E-state index < -0.39 is 0 Å². The van der Waals surface area contributed by atoms with Crippen LogP contribution in [-0.2, 0) is 4.79 Å². The van der Waals surface area contributed by atoms with Crippen LogP contribution in [0, 0.1) is 5.92 Å². The van der Waals surface area contributed by atoms with Gasteiger partial charge in [-0.3, -0.25) is 9.69 Å². The van der Waals surface area contributed by atoms with E-state index in [1.54, 1.807) is 0 Å². The highest BCUT2D eigenvalue weighted by Gasteiger charge is 2.31. The second-order valence-corrected chi connectivity index (χ2v) is 7.11. The minimum absolute atomic E-state index is 0.194. The van der Waals surface area contributed by atoms with Gasteiger partial charge in [0, 0.05) is 37.7 Å². The van der Waals surface area contributed by atoms with Crippen LogP contribution in [0.5, 0.6) is 5.75 Å². The molecule has 22 heavy (non-hydrogen) atoms. The van der Waals surface area contributed by atoms with E-state index in [9.17, 15) is 4.79 Å². The van der Waals surface area contributed by atoms with Crippen LogP contribution in [0.15, 0.2) is 30.3 Å². The fraction of sp³-hybridized carbons (Fsp3) is 0.588. The number of para-hydroxylation sites is 1. The summed E-state index contributed by atoms with van der Waals surface area (Å²) in [6.07, 6.45) is 0.994. The Bertz CT molecular complexity index is 477. The van der Waals surface area contributed by atoms with Crippen LogP contribution in [0.25, 0.3) is 0 Å². The van der Waals surface area contributed by atoms with Gasteiger partial charge in [0.05, 0.1) is 5.92 Å². The molecule has 0 spiro atoms. The summed E-state index contributed by atoms with van der Waals surface area (Å²) in [6, 6.07) is 9.91. The minimum Gasteiger partial charge on any atom is -0.492 e. The molecule has 2 aliphatic heterocycles. The second kappa shape index (κ2) is 7.88. The van der Waals surface area contributed by atoms with Crippen LogP contribution in [0.2, 0.25) is 0 Å². The van der Waals surface area contributed by atoms with Gasteiger partial charge in [-0.25, -0.2) is 0 Å². The van der Waals surface area contributed by atoms with Crippen molar-refractivity contribution in [3.8, 4) is 5.75 Å². The molecular formula is C17H24N2O2S. The lowest BCUT2D eigenvalue weighted by Gasteiger charge is -2.29. The van der Waals surface area contributed by atoms with Gasteiger partial charge < -0.3 is 9.64 Å². The molecule has 120 valence electrons. The quantitative estimate of drug-likeness (QED) is 0.830.